The van der Waals surface area contributed by atoms with Gasteiger partial charge in [0.2, 0.25) is 10.0 Å². The van der Waals surface area contributed by atoms with E-state index in [2.05, 4.69) is 18.6 Å². The average Bonchev–Trinajstić information content (AvgIpc) is 3.21. The normalized spacial score (nSPS) is 34.4. The van der Waals surface area contributed by atoms with Crippen LogP contribution in [0, 0.1) is 23.2 Å². The van der Waals surface area contributed by atoms with E-state index < -0.39 is 10.0 Å². The number of hydrogen-bond donors (Lipinski definition) is 1. The van der Waals surface area contributed by atoms with Crippen LogP contribution in [0.1, 0.15) is 55.7 Å². The van der Waals surface area contributed by atoms with Crippen molar-refractivity contribution in [2.45, 2.75) is 57.8 Å². The van der Waals surface area contributed by atoms with Crippen molar-refractivity contribution in [2.24, 2.45) is 23.2 Å². The first-order valence-electron chi connectivity index (χ1n) is 10.9. The van der Waals surface area contributed by atoms with Gasteiger partial charge in [-0.2, -0.15) is 0 Å². The SMILES string of the molecule is C[C@@H]1C(=O)O[C@H]2[C@H]1CC[C@]1(C)Cc3sc(NS(=O)(=O)Cc4ccccc4)nc3[C@@H](C)[C@H]21. The second-order valence-electron chi connectivity index (χ2n) is 9.71. The molecule has 1 N–H and O–H groups in total. The van der Waals surface area contributed by atoms with Crippen molar-refractivity contribution in [3.05, 3.63) is 46.5 Å². The van der Waals surface area contributed by atoms with E-state index in [1.807, 2.05) is 25.1 Å². The zero-order valence-electron chi connectivity index (χ0n) is 18.0. The number of rotatable bonds is 4. The van der Waals surface area contributed by atoms with Gasteiger partial charge in [-0.05, 0) is 30.2 Å². The molecule has 6 nitrogen and oxygen atoms in total. The molecule has 0 radical (unpaired) electrons. The van der Waals surface area contributed by atoms with E-state index >= 15 is 0 Å². The molecule has 2 fully saturated rings. The Hall–Kier alpha value is -1.93. The molecule has 1 aromatic heterocycles. The third-order valence-electron chi connectivity index (χ3n) is 7.60. The van der Waals surface area contributed by atoms with E-state index in [1.165, 1.54) is 11.3 Å². The molecule has 6 atom stereocenters. The number of fused-ring (bicyclic) bond motifs is 4. The van der Waals surface area contributed by atoms with E-state index in [1.54, 1.807) is 12.1 Å². The van der Waals surface area contributed by atoms with Crippen LogP contribution in [0.15, 0.2) is 30.3 Å². The second-order valence-corrected chi connectivity index (χ2v) is 12.5. The molecule has 2 heterocycles. The lowest BCUT2D eigenvalue weighted by molar-refractivity contribution is -0.149. The first-order valence-corrected chi connectivity index (χ1v) is 13.4. The molecule has 1 saturated carbocycles. The van der Waals surface area contributed by atoms with E-state index in [-0.39, 0.29) is 46.9 Å². The number of esters is 1. The highest BCUT2D eigenvalue weighted by Gasteiger charge is 2.58. The second kappa shape index (κ2) is 7.30. The van der Waals surface area contributed by atoms with E-state index in [0.29, 0.717) is 5.13 Å². The number of carbonyl (C=O) groups is 1. The van der Waals surface area contributed by atoms with Gasteiger partial charge in [0.25, 0.3) is 0 Å². The van der Waals surface area contributed by atoms with Gasteiger partial charge in [0, 0.05) is 22.6 Å². The minimum Gasteiger partial charge on any atom is -0.461 e. The summed E-state index contributed by atoms with van der Waals surface area (Å²) in [6, 6.07) is 9.15. The number of hydrogen-bond acceptors (Lipinski definition) is 6. The summed E-state index contributed by atoms with van der Waals surface area (Å²) in [5, 5.41) is 0.434. The molecule has 0 spiro atoms. The highest BCUT2D eigenvalue weighted by molar-refractivity contribution is 7.92. The summed E-state index contributed by atoms with van der Waals surface area (Å²) in [6.07, 6.45) is 2.84. The number of nitrogens with zero attached hydrogens (tertiary/aromatic N) is 1. The summed E-state index contributed by atoms with van der Waals surface area (Å²) < 4.78 is 34.0. The maximum Gasteiger partial charge on any atom is 0.309 e. The highest BCUT2D eigenvalue weighted by Crippen LogP contribution is 2.59. The summed E-state index contributed by atoms with van der Waals surface area (Å²) in [5.41, 5.74) is 1.73. The van der Waals surface area contributed by atoms with Crippen molar-refractivity contribution in [1.29, 1.82) is 0 Å². The van der Waals surface area contributed by atoms with Crippen LogP contribution in [-0.2, 0) is 31.7 Å². The van der Waals surface area contributed by atoms with Crippen molar-refractivity contribution in [2.75, 3.05) is 4.72 Å². The third kappa shape index (κ3) is 3.57. The summed E-state index contributed by atoms with van der Waals surface area (Å²) in [6.45, 7) is 6.43. The van der Waals surface area contributed by atoms with E-state index in [9.17, 15) is 13.2 Å². The number of thiazole rings is 1. The average molecular weight is 461 g/mol. The maximum atomic E-state index is 12.7. The molecule has 2 aliphatic carbocycles. The van der Waals surface area contributed by atoms with E-state index in [4.69, 9.17) is 9.72 Å². The molecule has 0 bridgehead atoms. The van der Waals surface area contributed by atoms with Crippen molar-refractivity contribution in [3.8, 4) is 0 Å². The number of ether oxygens (including phenoxy) is 1. The van der Waals surface area contributed by atoms with Crippen LogP contribution in [0.3, 0.4) is 0 Å². The van der Waals surface area contributed by atoms with Gasteiger partial charge in [-0.1, -0.05) is 51.1 Å². The molecule has 166 valence electrons. The molecule has 0 amide bonds. The topological polar surface area (TPSA) is 85.4 Å². The fraction of sp³-hybridized carbons (Fsp3) is 0.565. The Morgan fingerprint density at radius 1 is 1.23 bits per heavy atom. The van der Waals surface area contributed by atoms with Crippen molar-refractivity contribution in [3.63, 3.8) is 0 Å². The monoisotopic (exact) mass is 460 g/mol. The number of sulfonamides is 1. The molecule has 8 heteroatoms. The predicted octanol–water partition coefficient (Wildman–Crippen LogP) is 4.34. The Bertz CT molecular complexity index is 1110. The zero-order chi connectivity index (χ0) is 22.0. The van der Waals surface area contributed by atoms with Gasteiger partial charge in [-0.25, -0.2) is 13.4 Å². The highest BCUT2D eigenvalue weighted by atomic mass is 32.2. The van der Waals surface area contributed by atoms with Crippen LogP contribution in [0.25, 0.3) is 0 Å². The quantitative estimate of drug-likeness (QED) is 0.686. The standard InChI is InChI=1S/C23H28N2O4S2/c1-13-16-9-10-23(3)11-17-19(14(2)18(23)20(16)29-21(13)26)24-22(30-17)25-31(27,28)12-15-7-5-4-6-8-15/h4-8,13-14,16,18,20H,9-12H2,1-3H3,(H,24,25)/t13-,14-,16-,18+,20-,23+/m0/s1. The smallest absolute Gasteiger partial charge is 0.309 e. The Morgan fingerprint density at radius 2 is 1.97 bits per heavy atom. The molecule has 1 saturated heterocycles. The van der Waals surface area contributed by atoms with Gasteiger partial charge >= 0.3 is 5.97 Å². The molecule has 1 aromatic carbocycles. The van der Waals surface area contributed by atoms with Crippen LogP contribution in [0.2, 0.25) is 0 Å². The fourth-order valence-electron chi connectivity index (χ4n) is 6.09. The Kier molecular flexibility index (Phi) is 4.93. The van der Waals surface area contributed by atoms with Gasteiger partial charge in [-0.3, -0.25) is 9.52 Å². The van der Waals surface area contributed by atoms with Crippen LogP contribution in [0.5, 0.6) is 0 Å². The van der Waals surface area contributed by atoms with Crippen LogP contribution in [-0.4, -0.2) is 25.5 Å². The number of carbonyl (C=O) groups excluding carboxylic acids is 1. The van der Waals surface area contributed by atoms with Crippen molar-refractivity contribution >= 4 is 32.5 Å². The molecular formula is C23H28N2O4S2. The summed E-state index contributed by atoms with van der Waals surface area (Å²) in [5.74, 6) is 0.402. The van der Waals surface area contributed by atoms with Gasteiger partial charge in [-0.15, -0.1) is 11.3 Å². The van der Waals surface area contributed by atoms with Crippen LogP contribution >= 0.6 is 11.3 Å². The van der Waals surface area contributed by atoms with Crippen molar-refractivity contribution in [1.82, 2.24) is 4.98 Å². The van der Waals surface area contributed by atoms with Gasteiger partial charge in [0.05, 0.1) is 17.4 Å². The molecule has 2 aromatic rings. The Morgan fingerprint density at radius 3 is 2.71 bits per heavy atom. The zero-order valence-corrected chi connectivity index (χ0v) is 19.6. The largest absolute Gasteiger partial charge is 0.461 e. The maximum absolute atomic E-state index is 12.7. The third-order valence-corrected chi connectivity index (χ3v) is 9.93. The Balaban J connectivity index is 1.41. The van der Waals surface area contributed by atoms with Crippen LogP contribution in [0.4, 0.5) is 5.13 Å². The lowest BCUT2D eigenvalue weighted by Gasteiger charge is -2.51. The lowest BCUT2D eigenvalue weighted by Crippen LogP contribution is -2.50. The Labute approximate surface area is 187 Å². The first kappa shape index (κ1) is 20.9. The number of benzene rings is 1. The van der Waals surface area contributed by atoms with Crippen LogP contribution < -0.4 is 4.72 Å². The summed E-state index contributed by atoms with van der Waals surface area (Å²) in [4.78, 5) is 18.1. The lowest BCUT2D eigenvalue weighted by atomic mass is 9.54. The minimum absolute atomic E-state index is 0.0324. The number of anilines is 1. The molecule has 1 aliphatic heterocycles. The van der Waals surface area contributed by atoms with Gasteiger partial charge in [0.15, 0.2) is 5.13 Å². The molecule has 31 heavy (non-hydrogen) atoms. The van der Waals surface area contributed by atoms with E-state index in [0.717, 1.165) is 35.4 Å². The predicted molar refractivity (Wildman–Crippen MR) is 120 cm³/mol. The molecular weight excluding hydrogens is 432 g/mol. The molecule has 0 unspecified atom stereocenters. The van der Waals surface area contributed by atoms with Gasteiger partial charge < -0.3 is 4.74 Å². The van der Waals surface area contributed by atoms with Crippen molar-refractivity contribution < 1.29 is 17.9 Å². The number of nitrogens with one attached hydrogen (secondary N) is 1. The van der Waals surface area contributed by atoms with Gasteiger partial charge in [0.1, 0.15) is 6.10 Å². The summed E-state index contributed by atoms with van der Waals surface area (Å²) >= 11 is 1.45. The molecule has 3 aliphatic rings. The molecule has 5 rings (SSSR count). The first-order chi connectivity index (χ1) is 14.7. The number of aromatic nitrogens is 1. The summed E-state index contributed by atoms with van der Waals surface area (Å²) in [7, 11) is -3.55. The fourth-order valence-corrected chi connectivity index (χ4v) is 8.76. The minimum atomic E-state index is -3.55.